The molecular formula is C19H22ClNO3. The van der Waals surface area contributed by atoms with Crippen LogP contribution in [0.4, 0.5) is 0 Å². The third-order valence-corrected chi connectivity index (χ3v) is 3.91. The number of benzene rings is 2. The topological polar surface area (TPSA) is 47.6 Å². The van der Waals surface area contributed by atoms with Crippen LogP contribution in [-0.4, -0.2) is 19.1 Å². The second-order valence-electron chi connectivity index (χ2n) is 5.31. The Balaban J connectivity index is 2.20. The Bertz CT molecular complexity index is 716. The predicted molar refractivity (Wildman–Crippen MR) is 96.1 cm³/mol. The van der Waals surface area contributed by atoms with E-state index in [4.69, 9.17) is 21.1 Å². The monoisotopic (exact) mass is 347 g/mol. The van der Waals surface area contributed by atoms with Gasteiger partial charge in [-0.2, -0.15) is 0 Å². The molecule has 0 atom stereocenters. The van der Waals surface area contributed by atoms with Crippen LogP contribution in [0.3, 0.4) is 0 Å². The maximum absolute atomic E-state index is 12.0. The highest BCUT2D eigenvalue weighted by Gasteiger charge is 2.11. The Hall–Kier alpha value is -2.20. The van der Waals surface area contributed by atoms with Crippen LogP contribution in [0.1, 0.15) is 35.3 Å². The van der Waals surface area contributed by atoms with Gasteiger partial charge in [-0.05, 0) is 62.7 Å². The summed E-state index contributed by atoms with van der Waals surface area (Å²) < 4.78 is 11.5. The third-order valence-electron chi connectivity index (χ3n) is 3.48. The highest BCUT2D eigenvalue weighted by Crippen LogP contribution is 2.25. The van der Waals surface area contributed by atoms with Crippen molar-refractivity contribution >= 4 is 17.5 Å². The van der Waals surface area contributed by atoms with E-state index in [1.54, 1.807) is 24.3 Å². The average Bonchev–Trinajstić information content (AvgIpc) is 2.57. The van der Waals surface area contributed by atoms with Gasteiger partial charge in [-0.3, -0.25) is 4.79 Å². The van der Waals surface area contributed by atoms with Crippen LogP contribution in [0.2, 0.25) is 5.02 Å². The van der Waals surface area contributed by atoms with Crippen molar-refractivity contribution in [2.24, 2.45) is 0 Å². The number of nitrogens with one attached hydrogen (secondary N) is 1. The van der Waals surface area contributed by atoms with E-state index in [1.807, 2.05) is 32.9 Å². The lowest BCUT2D eigenvalue weighted by Crippen LogP contribution is -2.22. The zero-order valence-electron chi connectivity index (χ0n) is 14.2. The number of aryl methyl sites for hydroxylation is 1. The third kappa shape index (κ3) is 4.65. The number of hydrogen-bond donors (Lipinski definition) is 1. The van der Waals surface area contributed by atoms with Gasteiger partial charge in [0, 0.05) is 22.7 Å². The van der Waals surface area contributed by atoms with E-state index in [9.17, 15) is 4.79 Å². The van der Waals surface area contributed by atoms with E-state index in [1.165, 1.54) is 0 Å². The summed E-state index contributed by atoms with van der Waals surface area (Å²) in [6.07, 6.45) is 0. The quantitative estimate of drug-likeness (QED) is 0.808. The van der Waals surface area contributed by atoms with Crippen LogP contribution < -0.4 is 14.8 Å². The van der Waals surface area contributed by atoms with E-state index >= 15 is 0 Å². The van der Waals surface area contributed by atoms with E-state index < -0.39 is 0 Å². The molecule has 1 amide bonds. The fourth-order valence-corrected chi connectivity index (χ4v) is 2.38. The first kappa shape index (κ1) is 18.1. The predicted octanol–water partition coefficient (Wildman–Crippen LogP) is 4.38. The lowest BCUT2D eigenvalue weighted by atomic mass is 10.1. The fourth-order valence-electron chi connectivity index (χ4n) is 2.26. The minimum atomic E-state index is -0.107. The lowest BCUT2D eigenvalue weighted by molar-refractivity contribution is 0.0955. The zero-order valence-corrected chi connectivity index (χ0v) is 14.9. The first-order chi connectivity index (χ1) is 11.5. The van der Waals surface area contributed by atoms with Gasteiger partial charge >= 0.3 is 0 Å². The van der Waals surface area contributed by atoms with Crippen molar-refractivity contribution in [1.82, 2.24) is 5.32 Å². The van der Waals surface area contributed by atoms with Gasteiger partial charge in [0.2, 0.25) is 0 Å². The summed E-state index contributed by atoms with van der Waals surface area (Å²) in [6, 6.07) is 10.9. The zero-order chi connectivity index (χ0) is 17.5. The molecule has 5 heteroatoms. The number of hydrogen-bond acceptors (Lipinski definition) is 3. The van der Waals surface area contributed by atoms with Crippen molar-refractivity contribution in [2.75, 3.05) is 13.2 Å². The second-order valence-corrected chi connectivity index (χ2v) is 5.72. The van der Waals surface area contributed by atoms with E-state index in [0.717, 1.165) is 22.6 Å². The maximum Gasteiger partial charge on any atom is 0.251 e. The molecule has 0 aliphatic rings. The molecule has 0 saturated heterocycles. The summed E-state index contributed by atoms with van der Waals surface area (Å²) in [7, 11) is 0. The molecule has 0 fully saturated rings. The Morgan fingerprint density at radius 2 is 1.92 bits per heavy atom. The molecule has 2 aromatic carbocycles. The summed E-state index contributed by atoms with van der Waals surface area (Å²) in [5.41, 5.74) is 2.37. The maximum atomic E-state index is 12.0. The molecule has 0 saturated carbocycles. The number of carbonyl (C=O) groups is 1. The molecule has 128 valence electrons. The van der Waals surface area contributed by atoms with E-state index in [-0.39, 0.29) is 5.91 Å². The molecule has 0 radical (unpaired) electrons. The molecule has 0 bridgehead atoms. The summed E-state index contributed by atoms with van der Waals surface area (Å²) in [4.78, 5) is 12.0. The SMILES string of the molecule is CCNC(=O)c1ccc(OCC)c(COc2ccc(Cl)c(C)c2)c1. The van der Waals surface area contributed by atoms with E-state index in [2.05, 4.69) is 5.32 Å². The molecule has 4 nitrogen and oxygen atoms in total. The van der Waals surface area contributed by atoms with Crippen LogP contribution in [0, 0.1) is 6.92 Å². The Labute approximate surface area is 147 Å². The van der Waals surface area contributed by atoms with Gasteiger partial charge < -0.3 is 14.8 Å². The Morgan fingerprint density at radius 1 is 1.12 bits per heavy atom. The van der Waals surface area contributed by atoms with Crippen molar-refractivity contribution in [3.8, 4) is 11.5 Å². The van der Waals surface area contributed by atoms with Gasteiger partial charge in [-0.25, -0.2) is 0 Å². The highest BCUT2D eigenvalue weighted by atomic mass is 35.5. The molecule has 24 heavy (non-hydrogen) atoms. The molecule has 0 aliphatic heterocycles. The second kappa shape index (κ2) is 8.60. The molecule has 0 heterocycles. The van der Waals surface area contributed by atoms with Crippen LogP contribution in [0.25, 0.3) is 0 Å². The number of carbonyl (C=O) groups excluding carboxylic acids is 1. The summed E-state index contributed by atoms with van der Waals surface area (Å²) >= 11 is 6.03. The highest BCUT2D eigenvalue weighted by molar-refractivity contribution is 6.31. The summed E-state index contributed by atoms with van der Waals surface area (Å²) in [5.74, 6) is 1.34. The Morgan fingerprint density at radius 3 is 2.58 bits per heavy atom. The molecule has 0 aromatic heterocycles. The number of halogens is 1. The molecule has 0 unspecified atom stereocenters. The van der Waals surface area contributed by atoms with Crippen molar-refractivity contribution < 1.29 is 14.3 Å². The van der Waals surface area contributed by atoms with Crippen LogP contribution >= 0.6 is 11.6 Å². The van der Waals surface area contributed by atoms with Gasteiger partial charge in [0.15, 0.2) is 0 Å². The van der Waals surface area contributed by atoms with Crippen LogP contribution in [0.15, 0.2) is 36.4 Å². The molecule has 2 aromatic rings. The standard InChI is InChI=1S/C19H22ClNO3/c1-4-21-19(22)14-6-9-18(23-5-2)15(11-14)12-24-16-7-8-17(20)13(3)10-16/h6-11H,4-5,12H2,1-3H3,(H,21,22). The van der Waals surface area contributed by atoms with Crippen molar-refractivity contribution in [3.05, 3.63) is 58.1 Å². The van der Waals surface area contributed by atoms with Gasteiger partial charge in [0.1, 0.15) is 18.1 Å². The van der Waals surface area contributed by atoms with Gasteiger partial charge in [0.05, 0.1) is 6.61 Å². The molecule has 1 N–H and O–H groups in total. The average molecular weight is 348 g/mol. The first-order valence-corrected chi connectivity index (χ1v) is 8.35. The lowest BCUT2D eigenvalue weighted by Gasteiger charge is -2.14. The smallest absolute Gasteiger partial charge is 0.251 e. The van der Waals surface area contributed by atoms with Gasteiger partial charge in [-0.15, -0.1) is 0 Å². The van der Waals surface area contributed by atoms with Crippen LogP contribution in [0.5, 0.6) is 11.5 Å². The molecule has 2 rings (SSSR count). The van der Waals surface area contributed by atoms with Crippen LogP contribution in [-0.2, 0) is 6.61 Å². The molecular weight excluding hydrogens is 326 g/mol. The van der Waals surface area contributed by atoms with Crippen molar-refractivity contribution in [1.29, 1.82) is 0 Å². The van der Waals surface area contributed by atoms with Crippen molar-refractivity contribution in [2.45, 2.75) is 27.4 Å². The minimum absolute atomic E-state index is 0.107. The summed E-state index contributed by atoms with van der Waals surface area (Å²) in [5, 5.41) is 3.50. The summed E-state index contributed by atoms with van der Waals surface area (Å²) in [6.45, 7) is 7.18. The molecule has 0 spiro atoms. The van der Waals surface area contributed by atoms with Gasteiger partial charge in [0.25, 0.3) is 5.91 Å². The Kier molecular flexibility index (Phi) is 6.50. The fraction of sp³-hybridized carbons (Fsp3) is 0.316. The number of amides is 1. The largest absolute Gasteiger partial charge is 0.493 e. The van der Waals surface area contributed by atoms with Gasteiger partial charge in [-0.1, -0.05) is 11.6 Å². The van der Waals surface area contributed by atoms with Crippen molar-refractivity contribution in [3.63, 3.8) is 0 Å². The number of rotatable bonds is 7. The normalized spacial score (nSPS) is 10.3. The van der Waals surface area contributed by atoms with E-state index in [0.29, 0.717) is 30.3 Å². The molecule has 0 aliphatic carbocycles. The first-order valence-electron chi connectivity index (χ1n) is 7.98. The minimum Gasteiger partial charge on any atom is -0.493 e. The number of ether oxygens (including phenoxy) is 2.